The van der Waals surface area contributed by atoms with Gasteiger partial charge in [0.15, 0.2) is 0 Å². The minimum absolute atomic E-state index is 0.194. The topological polar surface area (TPSA) is 64.6 Å². The largest absolute Gasteiger partial charge is 0.493 e. The molecule has 0 bridgehead atoms. The van der Waals surface area contributed by atoms with Crippen molar-refractivity contribution in [3.05, 3.63) is 46.5 Å². The Morgan fingerprint density at radius 1 is 1.09 bits per heavy atom. The van der Waals surface area contributed by atoms with Crippen LogP contribution < -0.4 is 14.2 Å². The molecule has 5 nitrogen and oxygen atoms in total. The van der Waals surface area contributed by atoms with Crippen LogP contribution in [0.2, 0.25) is 5.02 Å². The standard InChI is InChI=1S/C16H14ClNO4S/c17-11-2-1-3-12(9-11)18-23(19,20)16-13-5-7-21-14(13)8-10-4-6-22-15(10)16/h1-3,8-9,18H,4-7H2. The molecule has 0 saturated carbocycles. The minimum atomic E-state index is -3.79. The van der Waals surface area contributed by atoms with Crippen molar-refractivity contribution in [1.82, 2.24) is 0 Å². The summed E-state index contributed by atoms with van der Waals surface area (Å²) in [5, 5.41) is 0.466. The van der Waals surface area contributed by atoms with Crippen LogP contribution in [0.5, 0.6) is 11.5 Å². The van der Waals surface area contributed by atoms with Crippen LogP contribution in [-0.2, 0) is 22.9 Å². The van der Waals surface area contributed by atoms with E-state index in [2.05, 4.69) is 4.72 Å². The van der Waals surface area contributed by atoms with Crippen LogP contribution in [0.15, 0.2) is 35.2 Å². The molecule has 23 heavy (non-hydrogen) atoms. The van der Waals surface area contributed by atoms with Crippen LogP contribution in [0.3, 0.4) is 0 Å². The predicted octanol–water partition coefficient (Wildman–Crippen LogP) is 3.01. The number of benzene rings is 2. The average molecular weight is 352 g/mol. The minimum Gasteiger partial charge on any atom is -0.493 e. The summed E-state index contributed by atoms with van der Waals surface area (Å²) in [6.07, 6.45) is 1.24. The van der Waals surface area contributed by atoms with E-state index in [9.17, 15) is 8.42 Å². The average Bonchev–Trinajstić information content (AvgIpc) is 3.11. The van der Waals surface area contributed by atoms with Crippen LogP contribution in [-0.4, -0.2) is 21.6 Å². The summed E-state index contributed by atoms with van der Waals surface area (Å²) < 4.78 is 39.6. The maximum Gasteiger partial charge on any atom is 0.266 e. The van der Waals surface area contributed by atoms with Gasteiger partial charge in [0.1, 0.15) is 16.4 Å². The highest BCUT2D eigenvalue weighted by atomic mass is 35.5. The lowest BCUT2D eigenvalue weighted by molar-refractivity contribution is 0.348. The van der Waals surface area contributed by atoms with E-state index in [-0.39, 0.29) is 4.90 Å². The van der Waals surface area contributed by atoms with E-state index in [4.69, 9.17) is 21.1 Å². The van der Waals surface area contributed by atoms with E-state index < -0.39 is 10.0 Å². The Hall–Kier alpha value is -1.92. The number of hydrogen-bond acceptors (Lipinski definition) is 4. The Balaban J connectivity index is 1.84. The third-order valence-electron chi connectivity index (χ3n) is 3.95. The summed E-state index contributed by atoms with van der Waals surface area (Å²) in [6, 6.07) is 8.50. The molecular formula is C16H14ClNO4S. The first-order valence-corrected chi connectivity index (χ1v) is 9.13. The highest BCUT2D eigenvalue weighted by Gasteiger charge is 2.33. The van der Waals surface area contributed by atoms with E-state index in [1.807, 2.05) is 6.07 Å². The van der Waals surface area contributed by atoms with Gasteiger partial charge in [-0.25, -0.2) is 8.42 Å². The molecule has 2 aromatic carbocycles. The molecule has 2 heterocycles. The molecule has 0 spiro atoms. The van der Waals surface area contributed by atoms with Gasteiger partial charge in [0, 0.05) is 29.0 Å². The third kappa shape index (κ3) is 2.52. The van der Waals surface area contributed by atoms with Gasteiger partial charge in [-0.2, -0.15) is 0 Å². The molecule has 0 atom stereocenters. The Bertz CT molecular complexity index is 863. The van der Waals surface area contributed by atoms with Gasteiger partial charge in [0.05, 0.1) is 18.9 Å². The number of hydrogen-bond donors (Lipinski definition) is 1. The molecule has 2 aliphatic rings. The van der Waals surface area contributed by atoms with Crippen molar-refractivity contribution in [1.29, 1.82) is 0 Å². The molecule has 0 fully saturated rings. The van der Waals surface area contributed by atoms with Crippen LogP contribution >= 0.6 is 11.6 Å². The van der Waals surface area contributed by atoms with Crippen molar-refractivity contribution in [3.8, 4) is 11.5 Å². The second-order valence-corrected chi connectivity index (χ2v) is 7.54. The van der Waals surface area contributed by atoms with Crippen LogP contribution in [0.4, 0.5) is 5.69 Å². The maximum atomic E-state index is 12.9. The molecule has 4 rings (SSSR count). The molecule has 2 aliphatic heterocycles. The predicted molar refractivity (Wildman–Crippen MR) is 87.1 cm³/mol. The molecule has 1 N–H and O–H groups in total. The van der Waals surface area contributed by atoms with E-state index in [0.717, 1.165) is 5.56 Å². The fourth-order valence-electron chi connectivity index (χ4n) is 2.98. The Kier molecular flexibility index (Phi) is 3.39. The molecule has 0 unspecified atom stereocenters. The second-order valence-electron chi connectivity index (χ2n) is 5.48. The number of anilines is 1. The highest BCUT2D eigenvalue weighted by Crippen LogP contribution is 2.43. The number of sulfonamides is 1. The Labute approximate surface area is 139 Å². The molecule has 120 valence electrons. The zero-order chi connectivity index (χ0) is 16.0. The van der Waals surface area contributed by atoms with Gasteiger partial charge < -0.3 is 9.47 Å². The first-order valence-electron chi connectivity index (χ1n) is 7.27. The lowest BCUT2D eigenvalue weighted by atomic mass is 10.1. The monoisotopic (exact) mass is 351 g/mol. The zero-order valence-electron chi connectivity index (χ0n) is 12.1. The van der Waals surface area contributed by atoms with Gasteiger partial charge in [0.25, 0.3) is 10.0 Å². The van der Waals surface area contributed by atoms with Gasteiger partial charge in [-0.15, -0.1) is 0 Å². The van der Waals surface area contributed by atoms with E-state index in [0.29, 0.717) is 53.8 Å². The summed E-state index contributed by atoms with van der Waals surface area (Å²) in [5.41, 5.74) is 1.97. The van der Waals surface area contributed by atoms with Crippen molar-refractivity contribution < 1.29 is 17.9 Å². The second kappa shape index (κ2) is 5.32. The molecule has 2 aromatic rings. The van der Waals surface area contributed by atoms with Gasteiger partial charge >= 0.3 is 0 Å². The van der Waals surface area contributed by atoms with Gasteiger partial charge in [0.2, 0.25) is 0 Å². The Morgan fingerprint density at radius 3 is 2.74 bits per heavy atom. The fourth-order valence-corrected chi connectivity index (χ4v) is 4.67. The molecule has 0 amide bonds. The maximum absolute atomic E-state index is 12.9. The molecule has 0 radical (unpaired) electrons. The van der Waals surface area contributed by atoms with Crippen LogP contribution in [0.25, 0.3) is 0 Å². The fraction of sp³-hybridized carbons (Fsp3) is 0.250. The normalized spacial score (nSPS) is 15.5. The van der Waals surface area contributed by atoms with E-state index >= 15 is 0 Å². The number of ether oxygens (including phenoxy) is 2. The van der Waals surface area contributed by atoms with Crippen molar-refractivity contribution >= 4 is 27.3 Å². The quantitative estimate of drug-likeness (QED) is 0.923. The van der Waals surface area contributed by atoms with Crippen LogP contribution in [0, 0.1) is 0 Å². The number of halogens is 1. The van der Waals surface area contributed by atoms with E-state index in [1.165, 1.54) is 0 Å². The van der Waals surface area contributed by atoms with Crippen molar-refractivity contribution in [2.24, 2.45) is 0 Å². The smallest absolute Gasteiger partial charge is 0.266 e. The molecule has 0 aliphatic carbocycles. The van der Waals surface area contributed by atoms with Crippen LogP contribution in [0.1, 0.15) is 11.1 Å². The van der Waals surface area contributed by atoms with Crippen molar-refractivity contribution in [2.45, 2.75) is 17.7 Å². The molecule has 0 aromatic heterocycles. The number of rotatable bonds is 3. The molecule has 0 saturated heterocycles. The highest BCUT2D eigenvalue weighted by molar-refractivity contribution is 7.92. The molecule has 7 heteroatoms. The zero-order valence-corrected chi connectivity index (χ0v) is 13.7. The van der Waals surface area contributed by atoms with Gasteiger partial charge in [-0.05, 0) is 24.3 Å². The van der Waals surface area contributed by atoms with Gasteiger partial charge in [-0.3, -0.25) is 4.72 Å². The summed E-state index contributed by atoms with van der Waals surface area (Å²) in [4.78, 5) is 0.194. The first-order chi connectivity index (χ1) is 11.0. The van der Waals surface area contributed by atoms with Crippen molar-refractivity contribution in [3.63, 3.8) is 0 Å². The first kappa shape index (κ1) is 14.7. The molecular weight excluding hydrogens is 338 g/mol. The van der Waals surface area contributed by atoms with E-state index in [1.54, 1.807) is 24.3 Å². The number of fused-ring (bicyclic) bond motifs is 2. The Morgan fingerprint density at radius 2 is 1.91 bits per heavy atom. The summed E-state index contributed by atoms with van der Waals surface area (Å²) >= 11 is 5.93. The third-order valence-corrected chi connectivity index (χ3v) is 5.66. The SMILES string of the molecule is O=S(=O)(Nc1cccc(Cl)c1)c1c2c(cc3c1OCC3)OCC2. The summed E-state index contributed by atoms with van der Waals surface area (Å²) in [7, 11) is -3.79. The lowest BCUT2D eigenvalue weighted by Gasteiger charge is -2.15. The van der Waals surface area contributed by atoms with Gasteiger partial charge in [-0.1, -0.05) is 17.7 Å². The number of nitrogens with one attached hydrogen (secondary N) is 1. The lowest BCUT2D eigenvalue weighted by Crippen LogP contribution is -2.16. The van der Waals surface area contributed by atoms with Crippen molar-refractivity contribution in [2.75, 3.05) is 17.9 Å². The summed E-state index contributed by atoms with van der Waals surface area (Å²) in [5.74, 6) is 1.09. The summed E-state index contributed by atoms with van der Waals surface area (Å²) in [6.45, 7) is 0.968.